The Labute approximate surface area is 153 Å². The van der Waals surface area contributed by atoms with E-state index in [9.17, 15) is 4.39 Å². The third-order valence-electron chi connectivity index (χ3n) is 6.11. The number of halogens is 1. The molecule has 1 aromatic carbocycles. The second-order valence-electron chi connectivity index (χ2n) is 7.60. The lowest BCUT2D eigenvalue weighted by molar-refractivity contribution is 0.0269. The maximum Gasteiger partial charge on any atom is 0.123 e. The van der Waals surface area contributed by atoms with Crippen LogP contribution in [0.1, 0.15) is 17.9 Å². The lowest BCUT2D eigenvalue weighted by Crippen LogP contribution is -2.48. The van der Waals surface area contributed by atoms with Crippen molar-refractivity contribution in [1.82, 2.24) is 9.80 Å². The number of amidine groups is 1. The molecule has 2 fully saturated rings. The van der Waals surface area contributed by atoms with Gasteiger partial charge in [-0.3, -0.25) is 9.89 Å². The minimum Gasteiger partial charge on any atom is -0.381 e. The Balaban J connectivity index is 1.27. The van der Waals surface area contributed by atoms with Crippen molar-refractivity contribution in [1.29, 1.82) is 0 Å². The summed E-state index contributed by atoms with van der Waals surface area (Å²) in [6, 6.07) is 5.92. The van der Waals surface area contributed by atoms with Crippen LogP contribution < -0.4 is 5.32 Å². The Kier molecular flexibility index (Phi) is 4.17. The molecule has 138 valence electrons. The van der Waals surface area contributed by atoms with Crippen molar-refractivity contribution in [2.75, 3.05) is 51.3 Å². The number of nitrogens with zero attached hydrogens (tertiary/aromatic N) is 3. The molecule has 0 saturated carbocycles. The standard InChI is InChI=1S/C20H25FN4O/c21-14-1-3-18-16(11-14)17-13-25(6-5-19(17)23-18)20-4-2-15(12-22-20)24-7-9-26-10-8-24/h1-4,11,15,17,19,23H,5-10,12-13H2. The van der Waals surface area contributed by atoms with Crippen LogP contribution in [0.15, 0.2) is 35.3 Å². The van der Waals surface area contributed by atoms with Crippen LogP contribution >= 0.6 is 0 Å². The maximum absolute atomic E-state index is 13.7. The number of fused-ring (bicyclic) bond motifs is 3. The van der Waals surface area contributed by atoms with Crippen LogP contribution in [0.25, 0.3) is 0 Å². The van der Waals surface area contributed by atoms with Gasteiger partial charge in [0.15, 0.2) is 0 Å². The van der Waals surface area contributed by atoms with Gasteiger partial charge in [0.05, 0.1) is 19.8 Å². The summed E-state index contributed by atoms with van der Waals surface area (Å²) in [6.45, 7) is 6.33. The van der Waals surface area contributed by atoms with Gasteiger partial charge >= 0.3 is 0 Å². The van der Waals surface area contributed by atoms with Crippen molar-refractivity contribution in [3.8, 4) is 0 Å². The molecular weight excluding hydrogens is 331 g/mol. The summed E-state index contributed by atoms with van der Waals surface area (Å²) >= 11 is 0. The fourth-order valence-corrected chi connectivity index (χ4v) is 4.67. The summed E-state index contributed by atoms with van der Waals surface area (Å²) < 4.78 is 19.1. The van der Waals surface area contributed by atoms with E-state index in [1.54, 1.807) is 12.1 Å². The molecule has 0 bridgehead atoms. The molecule has 6 heteroatoms. The number of anilines is 1. The van der Waals surface area contributed by atoms with E-state index in [-0.39, 0.29) is 5.82 Å². The molecule has 0 aliphatic carbocycles. The molecule has 4 aliphatic rings. The van der Waals surface area contributed by atoms with Crippen molar-refractivity contribution >= 4 is 11.5 Å². The van der Waals surface area contributed by atoms with Crippen molar-refractivity contribution in [3.63, 3.8) is 0 Å². The highest BCUT2D eigenvalue weighted by molar-refractivity contribution is 5.94. The molecule has 3 unspecified atom stereocenters. The molecule has 0 spiro atoms. The number of morpholine rings is 1. The molecule has 1 aromatic rings. The maximum atomic E-state index is 13.7. The number of hydrogen-bond acceptors (Lipinski definition) is 5. The molecule has 0 aromatic heterocycles. The van der Waals surface area contributed by atoms with Gasteiger partial charge < -0.3 is 15.0 Å². The molecule has 5 rings (SSSR count). The minimum atomic E-state index is -0.147. The van der Waals surface area contributed by atoms with Gasteiger partial charge in [0.2, 0.25) is 0 Å². The second-order valence-corrected chi connectivity index (χ2v) is 7.60. The number of hydrogen-bond donors (Lipinski definition) is 1. The fourth-order valence-electron chi connectivity index (χ4n) is 4.67. The molecule has 3 atom stereocenters. The number of aliphatic imine (C=N–C) groups is 1. The molecule has 4 heterocycles. The monoisotopic (exact) mass is 356 g/mol. The molecular formula is C20H25FN4O. The van der Waals surface area contributed by atoms with Crippen LogP contribution in [-0.2, 0) is 4.74 Å². The van der Waals surface area contributed by atoms with Crippen LogP contribution in [0.2, 0.25) is 0 Å². The molecule has 5 nitrogen and oxygen atoms in total. The van der Waals surface area contributed by atoms with Crippen LogP contribution in [-0.4, -0.2) is 73.7 Å². The number of ether oxygens (including phenoxy) is 1. The van der Waals surface area contributed by atoms with E-state index >= 15 is 0 Å². The first-order valence-electron chi connectivity index (χ1n) is 9.63. The van der Waals surface area contributed by atoms with Crippen LogP contribution in [0.5, 0.6) is 0 Å². The Hall–Kier alpha value is -1.92. The van der Waals surface area contributed by atoms with E-state index in [1.165, 1.54) is 0 Å². The molecule has 0 amide bonds. The Bertz CT molecular complexity index is 743. The van der Waals surface area contributed by atoms with E-state index < -0.39 is 0 Å². The highest BCUT2D eigenvalue weighted by atomic mass is 19.1. The van der Waals surface area contributed by atoms with Crippen LogP contribution in [0.4, 0.5) is 10.1 Å². The van der Waals surface area contributed by atoms with Gasteiger partial charge in [-0.15, -0.1) is 0 Å². The second kappa shape index (κ2) is 6.67. The summed E-state index contributed by atoms with van der Waals surface area (Å²) in [5, 5.41) is 3.57. The number of dihydropyridines is 1. The first kappa shape index (κ1) is 16.3. The van der Waals surface area contributed by atoms with Gasteiger partial charge in [-0.1, -0.05) is 6.08 Å². The van der Waals surface area contributed by atoms with Gasteiger partial charge in [-0.2, -0.15) is 0 Å². The predicted molar refractivity (Wildman–Crippen MR) is 100 cm³/mol. The van der Waals surface area contributed by atoms with E-state index in [0.717, 1.165) is 69.4 Å². The summed E-state index contributed by atoms with van der Waals surface area (Å²) in [5.74, 6) is 1.27. The average Bonchev–Trinajstić information content (AvgIpc) is 3.06. The lowest BCUT2D eigenvalue weighted by atomic mass is 9.89. The lowest BCUT2D eigenvalue weighted by Gasteiger charge is -2.38. The zero-order valence-corrected chi connectivity index (χ0v) is 14.9. The molecule has 2 saturated heterocycles. The quantitative estimate of drug-likeness (QED) is 0.836. The first-order chi connectivity index (χ1) is 12.8. The van der Waals surface area contributed by atoms with Crippen molar-refractivity contribution in [2.45, 2.75) is 24.4 Å². The highest BCUT2D eigenvalue weighted by Crippen LogP contribution is 2.40. The van der Waals surface area contributed by atoms with Crippen molar-refractivity contribution in [2.24, 2.45) is 4.99 Å². The van der Waals surface area contributed by atoms with E-state index in [0.29, 0.717) is 18.0 Å². The predicted octanol–water partition coefficient (Wildman–Crippen LogP) is 2.08. The first-order valence-corrected chi connectivity index (χ1v) is 9.63. The van der Waals surface area contributed by atoms with Crippen LogP contribution in [0, 0.1) is 5.82 Å². The topological polar surface area (TPSA) is 40.1 Å². The number of piperidine rings is 1. The SMILES string of the molecule is Fc1ccc2c(c1)C1CN(C3=NCC(N4CCOCC4)C=C3)CCC1N2. The normalized spacial score (nSPS) is 31.2. The van der Waals surface area contributed by atoms with Gasteiger partial charge in [-0.05, 0) is 36.3 Å². The fraction of sp³-hybridized carbons (Fsp3) is 0.550. The zero-order valence-electron chi connectivity index (χ0n) is 14.9. The van der Waals surface area contributed by atoms with E-state index in [2.05, 4.69) is 27.3 Å². The van der Waals surface area contributed by atoms with Gasteiger partial charge in [-0.25, -0.2) is 4.39 Å². The average molecular weight is 356 g/mol. The van der Waals surface area contributed by atoms with Gasteiger partial charge in [0.1, 0.15) is 11.7 Å². The highest BCUT2D eigenvalue weighted by Gasteiger charge is 2.37. The molecule has 26 heavy (non-hydrogen) atoms. The van der Waals surface area contributed by atoms with Crippen molar-refractivity contribution < 1.29 is 9.13 Å². The Morgan fingerprint density at radius 3 is 2.88 bits per heavy atom. The molecule has 4 aliphatic heterocycles. The van der Waals surface area contributed by atoms with E-state index in [1.807, 2.05) is 6.07 Å². The molecule has 1 N–H and O–H groups in total. The van der Waals surface area contributed by atoms with E-state index in [4.69, 9.17) is 9.73 Å². The summed E-state index contributed by atoms with van der Waals surface area (Å²) in [4.78, 5) is 9.70. The summed E-state index contributed by atoms with van der Waals surface area (Å²) in [5.41, 5.74) is 2.21. The number of nitrogens with one attached hydrogen (secondary N) is 1. The summed E-state index contributed by atoms with van der Waals surface area (Å²) in [7, 11) is 0. The number of likely N-dealkylation sites (tertiary alicyclic amines) is 1. The number of rotatable bonds is 1. The zero-order chi connectivity index (χ0) is 17.5. The third-order valence-corrected chi connectivity index (χ3v) is 6.11. The Morgan fingerprint density at radius 1 is 1.19 bits per heavy atom. The smallest absolute Gasteiger partial charge is 0.123 e. The largest absolute Gasteiger partial charge is 0.381 e. The van der Waals surface area contributed by atoms with Crippen molar-refractivity contribution in [3.05, 3.63) is 41.7 Å². The van der Waals surface area contributed by atoms with Gasteiger partial charge in [0.25, 0.3) is 0 Å². The van der Waals surface area contributed by atoms with Crippen LogP contribution in [0.3, 0.4) is 0 Å². The Morgan fingerprint density at radius 2 is 2.08 bits per heavy atom. The minimum absolute atomic E-state index is 0.147. The molecule has 0 radical (unpaired) electrons. The number of benzene rings is 1. The third kappa shape index (κ3) is 2.91. The van der Waals surface area contributed by atoms with Gasteiger partial charge in [0, 0.05) is 49.9 Å². The summed E-state index contributed by atoms with van der Waals surface area (Å²) in [6.07, 6.45) is 5.53.